The summed E-state index contributed by atoms with van der Waals surface area (Å²) in [4.78, 5) is 72.0. The Morgan fingerprint density at radius 1 is 0.855 bits per heavy atom. The highest BCUT2D eigenvalue weighted by molar-refractivity contribution is 6.03. The van der Waals surface area contributed by atoms with Gasteiger partial charge in [0.1, 0.15) is 11.6 Å². The van der Waals surface area contributed by atoms with Gasteiger partial charge in [-0.3, -0.25) is 24.0 Å². The first-order valence-electron chi connectivity index (χ1n) is 23.9. The number of rotatable bonds is 9. The quantitative estimate of drug-likeness (QED) is 0.213. The topological polar surface area (TPSA) is 145 Å². The standard InChI is InChI=1S/C51H74N4O7/c1-29(2)41-37(56)28-51(53-46(61)48(6,7)52-43(57)31-11-13-32(14-12-31)55-25-23-54(10)24-26-55)22-17-36-33(42(41)51)15-16-39-49(36,8)20-18-38-47(4,5)40(19-21-50(38,39)9)62-45(60)35-27-34(30(35)3)44(58)59/h11-14,29-30,33-36,38-40H,15-28H2,1-10H3,(H,52,57)(H,53,61)(H,58,59). The van der Waals surface area contributed by atoms with E-state index in [4.69, 9.17) is 4.74 Å². The van der Waals surface area contributed by atoms with Crippen molar-refractivity contribution in [2.75, 3.05) is 38.1 Å². The van der Waals surface area contributed by atoms with Gasteiger partial charge in [0.05, 0.1) is 17.4 Å². The van der Waals surface area contributed by atoms with Crippen LogP contribution < -0.4 is 15.5 Å². The average Bonchev–Trinajstić information content (AvgIpc) is 3.50. The number of esters is 1. The molecule has 340 valence electrons. The lowest BCUT2D eigenvalue weighted by atomic mass is 9.37. The third-order valence-corrected chi connectivity index (χ3v) is 18.5. The maximum atomic E-state index is 14.5. The van der Waals surface area contributed by atoms with Gasteiger partial charge in [0.2, 0.25) is 5.91 Å². The van der Waals surface area contributed by atoms with Crippen molar-refractivity contribution < 1.29 is 33.8 Å². The SMILES string of the molecule is CC(C)C1=C2C3CCC4C(C)(CCC5C(C)(C)C(OC(=O)C6CC(C(=O)O)C6C)CCC54C)C3CCC2(NC(=O)C(C)(C)NC(=O)c2ccc(N3CCN(C)CC3)cc2)CC1=O. The Kier molecular flexibility index (Phi) is 11.4. The molecule has 11 heteroatoms. The summed E-state index contributed by atoms with van der Waals surface area (Å²) < 4.78 is 6.35. The lowest BCUT2D eigenvalue weighted by Crippen LogP contribution is -2.65. The number of piperazine rings is 1. The Morgan fingerprint density at radius 3 is 2.15 bits per heavy atom. The number of amides is 2. The fourth-order valence-electron chi connectivity index (χ4n) is 14.9. The van der Waals surface area contributed by atoms with Crippen molar-refractivity contribution in [3.8, 4) is 0 Å². The number of carboxylic acid groups (broad SMARTS) is 1. The van der Waals surface area contributed by atoms with Crippen molar-refractivity contribution in [3.63, 3.8) is 0 Å². The first-order chi connectivity index (χ1) is 29.0. The summed E-state index contributed by atoms with van der Waals surface area (Å²) in [6.07, 6.45) is 7.96. The van der Waals surface area contributed by atoms with E-state index in [9.17, 15) is 29.1 Å². The molecule has 1 aliphatic heterocycles. The minimum absolute atomic E-state index is 0.0343. The van der Waals surface area contributed by atoms with E-state index in [-0.39, 0.29) is 76.0 Å². The third-order valence-electron chi connectivity index (χ3n) is 18.5. The molecule has 1 aromatic carbocycles. The molecule has 6 aliphatic carbocycles. The van der Waals surface area contributed by atoms with Crippen LogP contribution in [0.4, 0.5) is 5.69 Å². The molecular weight excluding hydrogens is 781 g/mol. The lowest BCUT2D eigenvalue weighted by molar-refractivity contribution is -0.216. The largest absolute Gasteiger partial charge is 0.481 e. The van der Waals surface area contributed by atoms with Gasteiger partial charge in [0.25, 0.3) is 5.91 Å². The molecule has 0 bridgehead atoms. The zero-order valence-corrected chi connectivity index (χ0v) is 39.2. The Morgan fingerprint density at radius 2 is 1.52 bits per heavy atom. The van der Waals surface area contributed by atoms with Gasteiger partial charge in [0.15, 0.2) is 5.78 Å². The van der Waals surface area contributed by atoms with Crippen LogP contribution in [0.15, 0.2) is 35.4 Å². The number of hydrogen-bond acceptors (Lipinski definition) is 8. The molecule has 7 aliphatic rings. The van der Waals surface area contributed by atoms with Crippen molar-refractivity contribution in [2.45, 2.75) is 144 Å². The summed E-state index contributed by atoms with van der Waals surface area (Å²) in [6, 6.07) is 7.65. The van der Waals surface area contributed by atoms with Gasteiger partial charge in [-0.2, -0.15) is 0 Å². The number of Topliss-reactive ketones (excluding diaryl/α,β-unsaturated/α-hetero) is 1. The number of benzene rings is 1. The number of ketones is 1. The number of carbonyl (C=O) groups excluding carboxylic acids is 4. The van der Waals surface area contributed by atoms with Gasteiger partial charge >= 0.3 is 11.9 Å². The molecule has 1 heterocycles. The molecule has 0 spiro atoms. The van der Waals surface area contributed by atoms with Gasteiger partial charge in [-0.05, 0) is 160 Å². The molecular formula is C51H74N4O7. The Labute approximate surface area is 369 Å². The van der Waals surface area contributed by atoms with Crippen LogP contribution in [0.3, 0.4) is 0 Å². The number of ether oxygens (including phenoxy) is 1. The van der Waals surface area contributed by atoms with Gasteiger partial charge in [-0.25, -0.2) is 0 Å². The summed E-state index contributed by atoms with van der Waals surface area (Å²) in [7, 11) is 2.13. The predicted molar refractivity (Wildman–Crippen MR) is 239 cm³/mol. The van der Waals surface area contributed by atoms with E-state index in [1.807, 2.05) is 31.2 Å². The minimum atomic E-state index is -1.22. The fourth-order valence-corrected chi connectivity index (χ4v) is 14.9. The molecule has 1 aromatic rings. The number of carbonyl (C=O) groups is 5. The van der Waals surface area contributed by atoms with E-state index in [0.29, 0.717) is 36.2 Å². The highest BCUT2D eigenvalue weighted by Crippen LogP contribution is 2.72. The van der Waals surface area contributed by atoms with Crippen LogP contribution in [0.25, 0.3) is 0 Å². The zero-order chi connectivity index (χ0) is 44.9. The van der Waals surface area contributed by atoms with Crippen molar-refractivity contribution >= 4 is 35.2 Å². The van der Waals surface area contributed by atoms with Crippen LogP contribution >= 0.6 is 0 Å². The molecule has 5 saturated carbocycles. The van der Waals surface area contributed by atoms with E-state index in [0.717, 1.165) is 82.4 Å². The second-order valence-corrected chi connectivity index (χ2v) is 23.0. The third kappa shape index (κ3) is 7.22. The molecule has 11 nitrogen and oxygen atoms in total. The van der Waals surface area contributed by atoms with Crippen molar-refractivity contribution in [1.29, 1.82) is 0 Å². The summed E-state index contributed by atoms with van der Waals surface area (Å²) in [5.74, 6) is -1.07. The normalized spacial score (nSPS) is 37.9. The van der Waals surface area contributed by atoms with Crippen LogP contribution in [-0.4, -0.2) is 90.0 Å². The van der Waals surface area contributed by atoms with Crippen LogP contribution in [-0.2, 0) is 23.9 Å². The van der Waals surface area contributed by atoms with E-state index in [2.05, 4.69) is 69.0 Å². The average molecular weight is 855 g/mol. The Balaban J connectivity index is 0.978. The van der Waals surface area contributed by atoms with Crippen LogP contribution in [0.2, 0.25) is 0 Å². The van der Waals surface area contributed by atoms with Crippen LogP contribution in [0.1, 0.15) is 137 Å². The minimum Gasteiger partial charge on any atom is -0.481 e. The number of likely N-dealkylation sites (N-methyl/N-ethyl adjacent to an activating group) is 1. The second kappa shape index (κ2) is 15.8. The molecule has 11 atom stereocenters. The Hall–Kier alpha value is -3.73. The molecule has 2 amide bonds. The number of hydrogen-bond donors (Lipinski definition) is 3. The fraction of sp³-hybridized carbons (Fsp3) is 0.745. The maximum absolute atomic E-state index is 14.5. The van der Waals surface area contributed by atoms with Gasteiger partial charge in [-0.1, -0.05) is 48.5 Å². The van der Waals surface area contributed by atoms with Crippen LogP contribution in [0.5, 0.6) is 0 Å². The maximum Gasteiger partial charge on any atom is 0.309 e. The smallest absolute Gasteiger partial charge is 0.309 e. The van der Waals surface area contributed by atoms with E-state index < -0.39 is 23.0 Å². The monoisotopic (exact) mass is 855 g/mol. The molecule has 6 fully saturated rings. The summed E-state index contributed by atoms with van der Waals surface area (Å²) in [5.41, 5.74) is 1.55. The van der Waals surface area contributed by atoms with Crippen molar-refractivity contribution in [1.82, 2.24) is 15.5 Å². The second-order valence-electron chi connectivity index (χ2n) is 23.0. The lowest BCUT2D eigenvalue weighted by Gasteiger charge is -2.68. The summed E-state index contributed by atoms with van der Waals surface area (Å²) >= 11 is 0. The predicted octanol–water partition coefficient (Wildman–Crippen LogP) is 7.67. The van der Waals surface area contributed by atoms with E-state index in [1.54, 1.807) is 13.8 Å². The first kappa shape index (κ1) is 44.9. The van der Waals surface area contributed by atoms with E-state index in [1.165, 1.54) is 5.57 Å². The van der Waals surface area contributed by atoms with Gasteiger partial charge in [0, 0.05) is 49.3 Å². The molecule has 1 saturated heterocycles. The number of allylic oxidation sites excluding steroid dienone is 1. The number of anilines is 1. The summed E-state index contributed by atoms with van der Waals surface area (Å²) in [6.45, 7) is 23.1. The molecule has 0 aromatic heterocycles. The number of nitrogens with one attached hydrogen (secondary N) is 2. The number of aliphatic carboxylic acids is 1. The van der Waals surface area contributed by atoms with Crippen molar-refractivity contribution in [2.24, 2.45) is 63.6 Å². The van der Waals surface area contributed by atoms with Gasteiger partial charge in [-0.15, -0.1) is 0 Å². The molecule has 62 heavy (non-hydrogen) atoms. The molecule has 3 N–H and O–H groups in total. The number of carboxylic acids is 1. The van der Waals surface area contributed by atoms with Crippen molar-refractivity contribution in [3.05, 3.63) is 41.0 Å². The zero-order valence-electron chi connectivity index (χ0n) is 39.2. The Bertz CT molecular complexity index is 2020. The first-order valence-corrected chi connectivity index (χ1v) is 23.9. The number of nitrogens with zero attached hydrogens (tertiary/aromatic N) is 2. The molecule has 11 unspecified atom stereocenters. The van der Waals surface area contributed by atoms with Gasteiger partial charge < -0.3 is 30.3 Å². The summed E-state index contributed by atoms with van der Waals surface area (Å²) in [5, 5.41) is 16.0. The number of fused-ring (bicyclic) bond motifs is 7. The molecule has 8 rings (SSSR count). The highest BCUT2D eigenvalue weighted by atomic mass is 16.5. The highest BCUT2D eigenvalue weighted by Gasteiger charge is 2.67. The van der Waals surface area contributed by atoms with E-state index >= 15 is 0 Å². The van der Waals surface area contributed by atoms with Crippen LogP contribution in [0, 0.1) is 63.6 Å². The molecule has 0 radical (unpaired) electrons.